The van der Waals surface area contributed by atoms with Crippen molar-refractivity contribution in [2.75, 3.05) is 4.90 Å². The van der Waals surface area contributed by atoms with Gasteiger partial charge in [0.2, 0.25) is 0 Å². The number of ether oxygens (including phenoxy) is 2. The van der Waals surface area contributed by atoms with Gasteiger partial charge >= 0.3 is 12.3 Å². The normalized spacial score (nSPS) is 24.9. The summed E-state index contributed by atoms with van der Waals surface area (Å²) in [4.78, 5) is 14.1. The number of halogens is 3. The highest BCUT2D eigenvalue weighted by Crippen LogP contribution is 2.68. The molecule has 45 heavy (non-hydrogen) atoms. The van der Waals surface area contributed by atoms with Gasteiger partial charge in [0.05, 0.1) is 17.9 Å². The predicted molar refractivity (Wildman–Crippen MR) is 156 cm³/mol. The van der Waals surface area contributed by atoms with Gasteiger partial charge in [0.25, 0.3) is 0 Å². The molecule has 0 amide bonds. The molecule has 4 aromatic rings. The van der Waals surface area contributed by atoms with Gasteiger partial charge in [-0.1, -0.05) is 29.4 Å². The number of benzene rings is 2. The van der Waals surface area contributed by atoms with E-state index in [1.807, 2.05) is 26.0 Å². The lowest BCUT2D eigenvalue weighted by atomic mass is 9.42. The summed E-state index contributed by atoms with van der Waals surface area (Å²) in [7, 11) is 0. The second-order valence-electron chi connectivity index (χ2n) is 12.8. The second kappa shape index (κ2) is 9.84. The smallest absolute Gasteiger partial charge is 0.477 e. The first-order valence-corrected chi connectivity index (χ1v) is 15.2. The van der Waals surface area contributed by atoms with Gasteiger partial charge in [-0.15, -0.1) is 13.2 Å². The molecular formula is C33H31F3N4O5. The predicted octanol–water partition coefficient (Wildman–Crippen LogP) is 7.20. The van der Waals surface area contributed by atoms with E-state index in [4.69, 9.17) is 9.26 Å². The lowest BCUT2D eigenvalue weighted by molar-refractivity contribution is -0.276. The number of carbonyl (C=O) groups is 1. The minimum atomic E-state index is -4.83. The molecule has 3 saturated carbocycles. The van der Waals surface area contributed by atoms with Crippen LogP contribution in [-0.4, -0.2) is 50.1 Å². The Morgan fingerprint density at radius 2 is 1.82 bits per heavy atom. The van der Waals surface area contributed by atoms with E-state index >= 15 is 0 Å². The maximum Gasteiger partial charge on any atom is 0.573 e. The summed E-state index contributed by atoms with van der Waals surface area (Å²) in [5, 5.41) is 18.3. The number of piperidine rings is 3. The van der Waals surface area contributed by atoms with E-state index in [-0.39, 0.29) is 41.2 Å². The lowest BCUT2D eigenvalue weighted by Crippen LogP contribution is -2.89. The highest BCUT2D eigenvalue weighted by Gasteiger charge is 2.77. The topological polar surface area (TPSA) is 103 Å². The Bertz CT molecular complexity index is 1780. The third-order valence-corrected chi connectivity index (χ3v) is 9.80. The number of para-hydroxylation sites is 1. The van der Waals surface area contributed by atoms with Gasteiger partial charge in [-0.2, -0.15) is 5.10 Å². The number of alkyl halides is 3. The van der Waals surface area contributed by atoms with Crippen molar-refractivity contribution in [3.8, 4) is 28.3 Å². The van der Waals surface area contributed by atoms with E-state index in [1.54, 1.807) is 18.2 Å². The maximum absolute atomic E-state index is 13.1. The Labute approximate surface area is 256 Å². The Hall–Kier alpha value is -4.32. The molecule has 4 atom stereocenters. The van der Waals surface area contributed by atoms with Crippen molar-refractivity contribution in [3.63, 3.8) is 0 Å². The number of carboxylic acids is 1. The number of anilines is 1. The van der Waals surface area contributed by atoms with Crippen LogP contribution in [0.1, 0.15) is 73.3 Å². The molecule has 12 heteroatoms. The van der Waals surface area contributed by atoms with Gasteiger partial charge in [0.1, 0.15) is 22.9 Å². The van der Waals surface area contributed by atoms with Crippen LogP contribution < -0.4 is 9.64 Å². The summed E-state index contributed by atoms with van der Waals surface area (Å²) < 4.78 is 57.5. The number of rotatable bonds is 10. The fourth-order valence-corrected chi connectivity index (χ4v) is 7.56. The number of carboxylic acid groups (broad SMARTS) is 1. The van der Waals surface area contributed by atoms with Crippen molar-refractivity contribution in [1.82, 2.24) is 14.9 Å². The van der Waals surface area contributed by atoms with Gasteiger partial charge in [-0.25, -0.2) is 4.79 Å². The molecule has 1 N–H and O–H groups in total. The van der Waals surface area contributed by atoms with Gasteiger partial charge in [-0.05, 0) is 69.9 Å². The molecule has 0 bridgehead atoms. The lowest BCUT2D eigenvalue weighted by Gasteiger charge is -2.80. The molecule has 9 nitrogen and oxygen atoms in total. The molecule has 1 aliphatic heterocycles. The van der Waals surface area contributed by atoms with Gasteiger partial charge in [0.15, 0.2) is 0 Å². The van der Waals surface area contributed by atoms with Crippen molar-refractivity contribution in [1.29, 1.82) is 0 Å². The maximum atomic E-state index is 13.1. The molecule has 4 aliphatic rings. The minimum Gasteiger partial charge on any atom is -0.477 e. The molecule has 0 spiro atoms. The highest BCUT2D eigenvalue weighted by molar-refractivity contribution is 5.87. The molecular weight excluding hydrogens is 589 g/mol. The fraction of sp³-hybridized carbons (Fsp3) is 0.424. The summed E-state index contributed by atoms with van der Waals surface area (Å²) in [5.74, 6) is -0.0256. The first-order valence-electron chi connectivity index (χ1n) is 15.2. The number of aromatic nitrogens is 3. The third-order valence-electron chi connectivity index (χ3n) is 9.80. The SMILES string of the molecule is CC(C)n1nc(-c2ccc(N3[C@@H]4CC5(OCc6c(-c7ccccc7OC(F)(F)F)noc6C6CC6)C[C@H]3C45)cc2)cc1C(=O)O. The van der Waals surface area contributed by atoms with Crippen molar-refractivity contribution in [2.24, 2.45) is 5.92 Å². The summed E-state index contributed by atoms with van der Waals surface area (Å²) in [5.41, 5.74) is 3.78. The van der Waals surface area contributed by atoms with Crippen LogP contribution in [0.25, 0.3) is 22.5 Å². The molecule has 8 rings (SSSR count). The Morgan fingerprint density at radius 3 is 2.42 bits per heavy atom. The summed E-state index contributed by atoms with van der Waals surface area (Å²) in [6, 6.07) is 16.3. The average molecular weight is 621 g/mol. The molecule has 234 valence electrons. The average Bonchev–Trinajstić information content (AvgIpc) is 3.57. The van der Waals surface area contributed by atoms with E-state index in [0.717, 1.165) is 36.9 Å². The van der Waals surface area contributed by atoms with E-state index in [2.05, 4.69) is 32.0 Å². The van der Waals surface area contributed by atoms with Crippen molar-refractivity contribution < 1.29 is 37.1 Å². The summed E-state index contributed by atoms with van der Waals surface area (Å²) in [6.07, 6.45) is -1.19. The Morgan fingerprint density at radius 1 is 1.11 bits per heavy atom. The van der Waals surface area contributed by atoms with E-state index in [1.165, 1.54) is 16.8 Å². The van der Waals surface area contributed by atoms with Crippen LogP contribution in [0, 0.1) is 5.92 Å². The second-order valence-corrected chi connectivity index (χ2v) is 12.8. The van der Waals surface area contributed by atoms with Crippen molar-refractivity contribution in [3.05, 3.63) is 71.6 Å². The van der Waals surface area contributed by atoms with Crippen LogP contribution in [0.15, 0.2) is 59.1 Å². The number of hydrogen-bond donors (Lipinski definition) is 1. The molecule has 3 heterocycles. The molecule has 1 saturated heterocycles. The van der Waals surface area contributed by atoms with Crippen LogP contribution in [0.5, 0.6) is 5.75 Å². The quantitative estimate of drug-likeness (QED) is 0.199. The van der Waals surface area contributed by atoms with E-state index in [9.17, 15) is 23.1 Å². The first-order chi connectivity index (χ1) is 21.5. The van der Waals surface area contributed by atoms with Crippen LogP contribution in [0.2, 0.25) is 0 Å². The van der Waals surface area contributed by atoms with Gasteiger partial charge in [0, 0.05) is 52.3 Å². The molecule has 2 unspecified atom stereocenters. The summed E-state index contributed by atoms with van der Waals surface area (Å²) in [6.45, 7) is 4.02. The molecule has 2 aromatic heterocycles. The number of hydrogen-bond acceptors (Lipinski definition) is 7. The molecule has 2 aromatic carbocycles. The minimum absolute atomic E-state index is 0.0715. The highest BCUT2D eigenvalue weighted by atomic mass is 19.4. The molecule has 0 radical (unpaired) electrons. The summed E-state index contributed by atoms with van der Waals surface area (Å²) >= 11 is 0. The standard InChI is InChI=1S/C33H31F3N4O5/c1-17(2)40-24(31(41)42)13-23(37-40)18-9-11-20(12-10-18)39-25-14-32(15-26(39)28(25)32)43-16-22-29(38-45-30(22)19-7-8-19)21-5-3-4-6-27(21)44-33(34,35)36/h3-6,9-13,17,19,25-26,28H,7-8,14-16H2,1-2H3,(H,41,42)/t25-,26+,28?,32?. The largest absolute Gasteiger partial charge is 0.573 e. The number of nitrogens with zero attached hydrogens (tertiary/aromatic N) is 4. The Kier molecular flexibility index (Phi) is 6.16. The van der Waals surface area contributed by atoms with Crippen molar-refractivity contribution in [2.45, 2.75) is 82.1 Å². The van der Waals surface area contributed by atoms with Crippen LogP contribution >= 0.6 is 0 Å². The first kappa shape index (κ1) is 28.2. The zero-order valence-electron chi connectivity index (χ0n) is 24.6. The van der Waals surface area contributed by atoms with Crippen LogP contribution in [0.4, 0.5) is 18.9 Å². The monoisotopic (exact) mass is 620 g/mol. The fourth-order valence-electron chi connectivity index (χ4n) is 7.56. The zero-order chi connectivity index (χ0) is 31.2. The zero-order valence-corrected chi connectivity index (χ0v) is 24.6. The van der Waals surface area contributed by atoms with Crippen molar-refractivity contribution >= 4 is 11.7 Å². The molecule has 4 fully saturated rings. The Balaban J connectivity index is 0.965. The van der Waals surface area contributed by atoms with E-state index < -0.39 is 12.3 Å². The third kappa shape index (κ3) is 4.52. The van der Waals surface area contributed by atoms with Crippen LogP contribution in [0.3, 0.4) is 0 Å². The molecule has 3 aliphatic carbocycles. The van der Waals surface area contributed by atoms with Crippen LogP contribution in [-0.2, 0) is 11.3 Å². The number of aromatic carboxylic acids is 1. The van der Waals surface area contributed by atoms with E-state index in [0.29, 0.717) is 40.7 Å². The van der Waals surface area contributed by atoms with Gasteiger partial charge in [-0.3, -0.25) is 4.68 Å². The van der Waals surface area contributed by atoms with Gasteiger partial charge < -0.3 is 24.0 Å².